The first-order valence-corrected chi connectivity index (χ1v) is 7.96. The molecule has 26 heavy (non-hydrogen) atoms. The average molecular weight is 351 g/mol. The fraction of sp³-hybridized carbons (Fsp3) is 0.200. The number of hydrogen-bond acceptors (Lipinski definition) is 5. The second kappa shape index (κ2) is 8.58. The van der Waals surface area contributed by atoms with Crippen LogP contribution in [-0.2, 0) is 4.79 Å². The molecule has 0 fully saturated rings. The molecule has 0 aliphatic heterocycles. The van der Waals surface area contributed by atoms with Crippen LogP contribution in [0, 0.1) is 25.2 Å². The second-order valence-corrected chi connectivity index (χ2v) is 5.64. The number of methoxy groups -OCH3 is 2. The third-order valence-corrected chi connectivity index (χ3v) is 3.90. The summed E-state index contributed by atoms with van der Waals surface area (Å²) in [5.41, 5.74) is 3.56. The van der Waals surface area contributed by atoms with Crippen molar-refractivity contribution in [3.8, 4) is 17.6 Å². The highest BCUT2D eigenvalue weighted by atomic mass is 16.5. The maximum Gasteiger partial charge on any atom is 0.267 e. The van der Waals surface area contributed by atoms with Crippen LogP contribution >= 0.6 is 0 Å². The quantitative estimate of drug-likeness (QED) is 0.611. The van der Waals surface area contributed by atoms with Gasteiger partial charge in [0.15, 0.2) is 11.5 Å². The molecule has 0 spiro atoms. The zero-order valence-electron chi connectivity index (χ0n) is 15.2. The smallest absolute Gasteiger partial charge is 0.267 e. The summed E-state index contributed by atoms with van der Waals surface area (Å²) in [7, 11) is 3.04. The van der Waals surface area contributed by atoms with Crippen molar-refractivity contribution in [2.75, 3.05) is 24.9 Å². The molecule has 0 aliphatic carbocycles. The molecule has 0 saturated heterocycles. The van der Waals surface area contributed by atoms with Gasteiger partial charge in [-0.3, -0.25) is 4.79 Å². The first kappa shape index (κ1) is 18.9. The summed E-state index contributed by atoms with van der Waals surface area (Å²) in [4.78, 5) is 12.3. The lowest BCUT2D eigenvalue weighted by molar-refractivity contribution is -0.112. The number of nitriles is 1. The number of amides is 1. The van der Waals surface area contributed by atoms with Gasteiger partial charge in [0.25, 0.3) is 5.91 Å². The molecule has 2 aromatic rings. The molecule has 2 N–H and O–H groups in total. The maximum atomic E-state index is 12.3. The van der Waals surface area contributed by atoms with E-state index in [1.807, 2.05) is 38.1 Å². The SMILES string of the molecule is COc1ccc(NC(=O)/C(C#N)=C\Nc2ccc(C)c(C)c2)cc1OC. The first-order valence-electron chi connectivity index (χ1n) is 7.96. The minimum atomic E-state index is -0.518. The minimum Gasteiger partial charge on any atom is -0.493 e. The van der Waals surface area contributed by atoms with Crippen LogP contribution in [0.15, 0.2) is 48.2 Å². The monoisotopic (exact) mass is 351 g/mol. The lowest BCUT2D eigenvalue weighted by Crippen LogP contribution is -2.14. The van der Waals surface area contributed by atoms with E-state index in [1.54, 1.807) is 18.2 Å². The molecule has 0 unspecified atom stereocenters. The van der Waals surface area contributed by atoms with Crippen LogP contribution in [0.4, 0.5) is 11.4 Å². The second-order valence-electron chi connectivity index (χ2n) is 5.64. The molecule has 0 aromatic heterocycles. The highest BCUT2D eigenvalue weighted by molar-refractivity contribution is 6.06. The van der Waals surface area contributed by atoms with E-state index in [4.69, 9.17) is 9.47 Å². The van der Waals surface area contributed by atoms with Gasteiger partial charge in [0.05, 0.1) is 14.2 Å². The van der Waals surface area contributed by atoms with Crippen LogP contribution in [-0.4, -0.2) is 20.1 Å². The van der Waals surface area contributed by atoms with E-state index in [1.165, 1.54) is 26.0 Å². The van der Waals surface area contributed by atoms with E-state index >= 15 is 0 Å². The lowest BCUT2D eigenvalue weighted by Gasteiger charge is -2.10. The standard InChI is InChI=1S/C20H21N3O3/c1-13-5-6-16(9-14(13)2)22-12-15(11-21)20(24)23-17-7-8-18(25-3)19(10-17)26-4/h5-10,12,22H,1-4H3,(H,23,24)/b15-12-. The van der Waals surface area contributed by atoms with Gasteiger partial charge in [-0.2, -0.15) is 5.26 Å². The van der Waals surface area contributed by atoms with Gasteiger partial charge in [0, 0.05) is 23.6 Å². The maximum absolute atomic E-state index is 12.3. The van der Waals surface area contributed by atoms with Crippen molar-refractivity contribution in [1.29, 1.82) is 5.26 Å². The Bertz CT molecular complexity index is 882. The molecule has 0 aliphatic rings. The van der Waals surface area contributed by atoms with Gasteiger partial charge < -0.3 is 20.1 Å². The number of carbonyl (C=O) groups is 1. The number of benzene rings is 2. The number of nitrogens with one attached hydrogen (secondary N) is 2. The molecule has 0 saturated carbocycles. The van der Waals surface area contributed by atoms with Gasteiger partial charge in [0.2, 0.25) is 0 Å². The normalized spacial score (nSPS) is 10.7. The molecule has 0 radical (unpaired) electrons. The predicted molar refractivity (Wildman–Crippen MR) is 101 cm³/mol. The van der Waals surface area contributed by atoms with Crippen molar-refractivity contribution in [2.24, 2.45) is 0 Å². The summed E-state index contributed by atoms with van der Waals surface area (Å²) in [6.45, 7) is 4.02. The van der Waals surface area contributed by atoms with E-state index in [9.17, 15) is 10.1 Å². The van der Waals surface area contributed by atoms with E-state index in [0.29, 0.717) is 17.2 Å². The summed E-state index contributed by atoms with van der Waals surface area (Å²) in [5.74, 6) is 0.523. The van der Waals surface area contributed by atoms with Gasteiger partial charge in [-0.1, -0.05) is 6.07 Å². The van der Waals surface area contributed by atoms with Crippen molar-refractivity contribution >= 4 is 17.3 Å². The van der Waals surface area contributed by atoms with Gasteiger partial charge >= 0.3 is 0 Å². The van der Waals surface area contributed by atoms with Crippen LogP contribution in [0.3, 0.4) is 0 Å². The average Bonchev–Trinajstić information content (AvgIpc) is 2.64. The number of rotatable bonds is 6. The fourth-order valence-electron chi connectivity index (χ4n) is 2.25. The Morgan fingerprint density at radius 3 is 2.31 bits per heavy atom. The summed E-state index contributed by atoms with van der Waals surface area (Å²) in [5, 5.41) is 14.9. The Kier molecular flexibility index (Phi) is 6.23. The largest absolute Gasteiger partial charge is 0.493 e. The number of ether oxygens (including phenoxy) is 2. The predicted octanol–water partition coefficient (Wildman–Crippen LogP) is 3.78. The van der Waals surface area contributed by atoms with Crippen molar-refractivity contribution in [3.63, 3.8) is 0 Å². The molecule has 0 heterocycles. The zero-order valence-corrected chi connectivity index (χ0v) is 15.2. The van der Waals surface area contributed by atoms with Crippen LogP contribution in [0.25, 0.3) is 0 Å². The molecule has 0 bridgehead atoms. The molecular formula is C20H21N3O3. The molecule has 2 aromatic carbocycles. The Morgan fingerprint density at radius 2 is 1.69 bits per heavy atom. The summed E-state index contributed by atoms with van der Waals surface area (Å²) in [6, 6.07) is 12.7. The number of nitrogens with zero attached hydrogens (tertiary/aromatic N) is 1. The molecule has 134 valence electrons. The summed E-state index contributed by atoms with van der Waals surface area (Å²) < 4.78 is 10.4. The van der Waals surface area contributed by atoms with Crippen molar-refractivity contribution < 1.29 is 14.3 Å². The van der Waals surface area contributed by atoms with Crippen molar-refractivity contribution in [1.82, 2.24) is 0 Å². The van der Waals surface area contributed by atoms with Gasteiger partial charge in [-0.25, -0.2) is 0 Å². The number of aryl methyl sites for hydroxylation is 2. The third kappa shape index (κ3) is 4.54. The van der Waals surface area contributed by atoms with E-state index in [2.05, 4.69) is 10.6 Å². The topological polar surface area (TPSA) is 83.4 Å². The number of carbonyl (C=O) groups excluding carboxylic acids is 1. The first-order chi connectivity index (χ1) is 12.5. The summed E-state index contributed by atoms with van der Waals surface area (Å²) in [6.07, 6.45) is 1.39. The Hall–Kier alpha value is -3.46. The van der Waals surface area contributed by atoms with Gasteiger partial charge in [-0.15, -0.1) is 0 Å². The van der Waals surface area contributed by atoms with Crippen LogP contribution in [0.5, 0.6) is 11.5 Å². The van der Waals surface area contributed by atoms with Crippen LogP contribution in [0.1, 0.15) is 11.1 Å². The molecule has 0 atom stereocenters. The Balaban J connectivity index is 2.13. The highest BCUT2D eigenvalue weighted by Gasteiger charge is 2.11. The number of hydrogen-bond donors (Lipinski definition) is 2. The lowest BCUT2D eigenvalue weighted by atomic mass is 10.1. The summed E-state index contributed by atoms with van der Waals surface area (Å²) >= 11 is 0. The zero-order chi connectivity index (χ0) is 19.1. The van der Waals surface area contributed by atoms with Crippen LogP contribution < -0.4 is 20.1 Å². The van der Waals surface area contributed by atoms with E-state index in [0.717, 1.165) is 11.3 Å². The molecule has 2 rings (SSSR count). The number of anilines is 2. The van der Waals surface area contributed by atoms with E-state index in [-0.39, 0.29) is 5.57 Å². The highest BCUT2D eigenvalue weighted by Crippen LogP contribution is 2.29. The van der Waals surface area contributed by atoms with Gasteiger partial charge in [0.1, 0.15) is 11.6 Å². The molecule has 1 amide bonds. The third-order valence-electron chi connectivity index (χ3n) is 3.90. The van der Waals surface area contributed by atoms with Crippen LogP contribution in [0.2, 0.25) is 0 Å². The Morgan fingerprint density at radius 1 is 1.00 bits per heavy atom. The molecular weight excluding hydrogens is 330 g/mol. The molecule has 6 nitrogen and oxygen atoms in total. The Labute approximate surface area is 153 Å². The molecule has 6 heteroatoms. The van der Waals surface area contributed by atoms with Crippen molar-refractivity contribution in [2.45, 2.75) is 13.8 Å². The van der Waals surface area contributed by atoms with E-state index < -0.39 is 5.91 Å². The van der Waals surface area contributed by atoms with Crippen molar-refractivity contribution in [3.05, 3.63) is 59.3 Å². The van der Waals surface area contributed by atoms with Gasteiger partial charge in [-0.05, 0) is 49.2 Å². The fourth-order valence-corrected chi connectivity index (χ4v) is 2.25. The minimum absolute atomic E-state index is 0.0435.